The van der Waals surface area contributed by atoms with Crippen LogP contribution in [0.5, 0.6) is 0 Å². The van der Waals surface area contributed by atoms with Crippen LogP contribution in [0.4, 0.5) is 22.0 Å². The average molecular weight is 392 g/mol. The van der Waals surface area contributed by atoms with Crippen LogP contribution < -0.4 is 0 Å². The Bertz CT molecular complexity index is 732. The van der Waals surface area contributed by atoms with Gasteiger partial charge in [0.15, 0.2) is 0 Å². The number of hydrogen-bond acceptors (Lipinski definition) is 5. The Balaban J connectivity index is 1.92. The van der Waals surface area contributed by atoms with E-state index >= 15 is 0 Å². The van der Waals surface area contributed by atoms with Crippen molar-refractivity contribution in [1.29, 1.82) is 0 Å². The zero-order valence-corrected chi connectivity index (χ0v) is 13.2. The molecule has 0 aromatic rings. The molecule has 5 unspecified atom stereocenters. The lowest BCUT2D eigenvalue weighted by Gasteiger charge is -2.34. The maximum Gasteiger partial charge on any atom is 0.409 e. The van der Waals surface area contributed by atoms with Crippen LogP contribution in [0.3, 0.4) is 0 Å². The van der Waals surface area contributed by atoms with Crippen molar-refractivity contribution >= 4 is 21.9 Å². The molecular formula is C13H13F5O6S. The number of rotatable bonds is 4. The molecule has 0 radical (unpaired) electrons. The molecule has 4 aliphatic rings. The molecule has 1 N–H and O–H groups in total. The van der Waals surface area contributed by atoms with Gasteiger partial charge in [-0.15, -0.1) is 0 Å². The average Bonchev–Trinajstić information content (AvgIpc) is 2.72. The molecule has 4 bridgehead atoms. The van der Waals surface area contributed by atoms with Crippen molar-refractivity contribution in [3.05, 3.63) is 0 Å². The third kappa shape index (κ3) is 2.64. The first-order valence-electron chi connectivity index (χ1n) is 7.37. The highest BCUT2D eigenvalue weighted by atomic mass is 32.2. The number of halogens is 5. The molecule has 0 aliphatic heterocycles. The van der Waals surface area contributed by atoms with Crippen LogP contribution in [-0.2, 0) is 24.4 Å². The van der Waals surface area contributed by atoms with E-state index < -0.39 is 50.9 Å². The Morgan fingerprint density at radius 1 is 1.20 bits per heavy atom. The molecule has 6 nitrogen and oxygen atoms in total. The van der Waals surface area contributed by atoms with Crippen molar-refractivity contribution in [2.75, 3.05) is 0 Å². The van der Waals surface area contributed by atoms with E-state index in [1.54, 1.807) is 0 Å². The quantitative estimate of drug-likeness (QED) is 0.446. The first-order chi connectivity index (χ1) is 11.2. The summed E-state index contributed by atoms with van der Waals surface area (Å²) in [6, 6.07) is 0. The molecule has 4 fully saturated rings. The molecule has 4 rings (SSSR count). The second-order valence-electron chi connectivity index (χ2n) is 6.89. The maximum atomic E-state index is 13.6. The first kappa shape index (κ1) is 18.5. The van der Waals surface area contributed by atoms with Crippen molar-refractivity contribution in [3.63, 3.8) is 0 Å². The molecule has 0 heterocycles. The zero-order valence-electron chi connectivity index (χ0n) is 12.4. The van der Waals surface area contributed by atoms with Crippen molar-refractivity contribution in [2.24, 2.45) is 23.7 Å². The number of esters is 1. The number of ketones is 1. The Kier molecular flexibility index (Phi) is 3.79. The largest absolute Gasteiger partial charge is 0.458 e. The van der Waals surface area contributed by atoms with Gasteiger partial charge in [-0.05, 0) is 31.6 Å². The van der Waals surface area contributed by atoms with Gasteiger partial charge >= 0.3 is 27.5 Å². The van der Waals surface area contributed by atoms with E-state index in [1.165, 1.54) is 0 Å². The van der Waals surface area contributed by atoms with E-state index in [4.69, 9.17) is 9.29 Å². The summed E-state index contributed by atoms with van der Waals surface area (Å²) in [7, 11) is -6.52. The van der Waals surface area contributed by atoms with Crippen LogP contribution in [0.2, 0.25) is 0 Å². The Morgan fingerprint density at radius 3 is 2.32 bits per heavy atom. The first-order valence-corrected chi connectivity index (χ1v) is 8.81. The molecule has 0 saturated heterocycles. The van der Waals surface area contributed by atoms with Gasteiger partial charge in [-0.25, -0.2) is 0 Å². The van der Waals surface area contributed by atoms with Crippen molar-refractivity contribution in [2.45, 2.75) is 42.7 Å². The summed E-state index contributed by atoms with van der Waals surface area (Å²) in [6.45, 7) is 0. The third-order valence-corrected chi connectivity index (χ3v) is 6.26. The Morgan fingerprint density at radius 2 is 1.80 bits per heavy atom. The van der Waals surface area contributed by atoms with Gasteiger partial charge in [0.25, 0.3) is 0 Å². The fourth-order valence-corrected chi connectivity index (χ4v) is 5.00. The summed E-state index contributed by atoms with van der Waals surface area (Å²) in [5, 5.41) is -5.81. The van der Waals surface area contributed by atoms with E-state index in [-0.39, 0.29) is 24.5 Å². The molecule has 5 atom stereocenters. The Hall–Kier alpha value is -1.30. The van der Waals surface area contributed by atoms with E-state index in [0.29, 0.717) is 12.8 Å². The highest BCUT2D eigenvalue weighted by Crippen LogP contribution is 2.60. The predicted octanol–water partition coefficient (Wildman–Crippen LogP) is 1.95. The van der Waals surface area contributed by atoms with Crippen LogP contribution in [0.15, 0.2) is 0 Å². The summed E-state index contributed by atoms with van der Waals surface area (Å²) in [5.41, 5.74) is -1.60. The Labute approximate surface area is 138 Å². The summed E-state index contributed by atoms with van der Waals surface area (Å²) in [4.78, 5) is 23.9. The summed E-state index contributed by atoms with van der Waals surface area (Å²) in [6.07, 6.45) is -5.15. The van der Waals surface area contributed by atoms with Gasteiger partial charge < -0.3 is 4.74 Å². The third-order valence-electron chi connectivity index (χ3n) is 5.34. The van der Waals surface area contributed by atoms with Gasteiger partial charge in [0.05, 0.1) is 5.92 Å². The maximum absolute atomic E-state index is 13.6. The molecule has 142 valence electrons. The molecule has 4 aliphatic carbocycles. The normalized spacial score (nSPS) is 35.9. The lowest BCUT2D eigenvalue weighted by Crippen LogP contribution is -2.52. The van der Waals surface area contributed by atoms with Gasteiger partial charge in [0, 0.05) is 5.92 Å². The molecule has 0 aromatic carbocycles. The van der Waals surface area contributed by atoms with Crippen molar-refractivity contribution in [3.8, 4) is 0 Å². The van der Waals surface area contributed by atoms with Crippen LogP contribution >= 0.6 is 0 Å². The minimum absolute atomic E-state index is 0.0548. The number of Topliss-reactive ketones (excluding diaryl/α,β-unsaturated/α-hetero) is 1. The number of carbonyl (C=O) groups excluding carboxylic acids is 2. The van der Waals surface area contributed by atoms with Gasteiger partial charge in [0.1, 0.15) is 11.4 Å². The highest BCUT2D eigenvalue weighted by molar-refractivity contribution is 7.86. The lowest BCUT2D eigenvalue weighted by atomic mass is 9.81. The van der Waals surface area contributed by atoms with Gasteiger partial charge in [0.2, 0.25) is 5.92 Å². The second kappa shape index (κ2) is 5.12. The highest BCUT2D eigenvalue weighted by Gasteiger charge is 2.71. The fourth-order valence-electron chi connectivity index (χ4n) is 4.47. The van der Waals surface area contributed by atoms with E-state index in [0.717, 1.165) is 0 Å². The molecule has 0 aromatic heterocycles. The molecular weight excluding hydrogens is 379 g/mol. The molecule has 4 saturated carbocycles. The van der Waals surface area contributed by atoms with E-state index in [2.05, 4.69) is 0 Å². The number of ether oxygens (including phenoxy) is 1. The van der Waals surface area contributed by atoms with Crippen molar-refractivity contribution < 1.29 is 49.2 Å². The van der Waals surface area contributed by atoms with Gasteiger partial charge in [-0.2, -0.15) is 30.4 Å². The van der Waals surface area contributed by atoms with Crippen LogP contribution in [-0.4, -0.2) is 41.8 Å². The smallest absolute Gasteiger partial charge is 0.409 e. The molecule has 0 amide bonds. The number of alkyl halides is 5. The molecule has 25 heavy (non-hydrogen) atoms. The molecule has 12 heteroatoms. The monoisotopic (exact) mass is 392 g/mol. The fraction of sp³-hybridized carbons (Fsp3) is 0.846. The van der Waals surface area contributed by atoms with Crippen LogP contribution in [0, 0.1) is 23.7 Å². The van der Waals surface area contributed by atoms with Crippen LogP contribution in [0.1, 0.15) is 25.7 Å². The summed E-state index contributed by atoms with van der Waals surface area (Å²) < 4.78 is 101. The lowest BCUT2D eigenvalue weighted by molar-refractivity contribution is -0.236. The SMILES string of the molecule is O=C1C2CC3CC1C(OC(=O)C(C(F)(F)F)C(F)(F)S(=O)(=O)O)(C3)C2. The van der Waals surface area contributed by atoms with Crippen molar-refractivity contribution in [1.82, 2.24) is 0 Å². The zero-order chi connectivity index (χ0) is 19.0. The van der Waals surface area contributed by atoms with Gasteiger partial charge in [-0.1, -0.05) is 0 Å². The topological polar surface area (TPSA) is 97.7 Å². The number of hydrogen-bond donors (Lipinski definition) is 1. The summed E-state index contributed by atoms with van der Waals surface area (Å²) in [5.74, 6) is -8.55. The minimum Gasteiger partial charge on any atom is -0.458 e. The van der Waals surface area contributed by atoms with E-state index in [9.17, 15) is 40.0 Å². The standard InChI is InChI=1S/C13H13F5O6S/c14-12(15,16)9(13(17,18)25(21,22)23)10(20)24-11-3-5-1-6(4-11)8(19)7(11)2-5/h5-7,9H,1-4H2,(H,21,22,23). The van der Waals surface area contributed by atoms with Crippen LogP contribution in [0.25, 0.3) is 0 Å². The predicted molar refractivity (Wildman–Crippen MR) is 68.8 cm³/mol. The van der Waals surface area contributed by atoms with Gasteiger partial charge in [-0.3, -0.25) is 14.1 Å². The second-order valence-corrected chi connectivity index (χ2v) is 8.39. The molecule has 0 spiro atoms. The number of carbonyl (C=O) groups is 2. The summed E-state index contributed by atoms with van der Waals surface area (Å²) >= 11 is 0. The minimum atomic E-state index is -6.52. The van der Waals surface area contributed by atoms with E-state index in [1.807, 2.05) is 0 Å².